The summed E-state index contributed by atoms with van der Waals surface area (Å²) in [4.78, 5) is 39.3. The van der Waals surface area contributed by atoms with Gasteiger partial charge in [0.2, 0.25) is 0 Å². The van der Waals surface area contributed by atoms with Crippen molar-refractivity contribution in [3.05, 3.63) is 231 Å². The summed E-state index contributed by atoms with van der Waals surface area (Å²) in [5.41, 5.74) is 17.8. The van der Waals surface area contributed by atoms with E-state index in [2.05, 4.69) is 176 Å². The molecule has 0 spiro atoms. The van der Waals surface area contributed by atoms with Gasteiger partial charge in [0.1, 0.15) is 10.9 Å². The van der Waals surface area contributed by atoms with E-state index in [0.29, 0.717) is 17.3 Å². The van der Waals surface area contributed by atoms with E-state index in [9.17, 15) is 19.5 Å². The van der Waals surface area contributed by atoms with Crippen LogP contribution in [0.2, 0.25) is 0 Å². The standard InChI is InChI=1S/C57H47N3O5S/c1-36-14-21-45(30-37(36)2)50(42-10-6-4-7-11-42)32-39-15-22-44(23-16-39)49-29-24-46(31-38(49)3)51(43-12-8-5-9-13-43)33-40-17-25-47(26-18-40)58-48-27-19-41(20-28-48)34-52-55(63)60-57(59-52)66-53(56(64)65)35-54(61)62/h4-34,53,58H,35H2,1-3H3,(H,61,62)(H,64,65)(H,59,60,63)/b50-32+,51-33+,52-34-. The molecule has 0 bridgehead atoms. The van der Waals surface area contributed by atoms with E-state index < -0.39 is 29.5 Å². The van der Waals surface area contributed by atoms with Crippen LogP contribution in [0.1, 0.15) is 62.1 Å². The zero-order chi connectivity index (χ0) is 46.2. The number of hydrogen-bond donors (Lipinski definition) is 4. The van der Waals surface area contributed by atoms with E-state index in [4.69, 9.17) is 5.11 Å². The molecule has 7 aromatic rings. The molecule has 4 N–H and O–H groups in total. The van der Waals surface area contributed by atoms with E-state index >= 15 is 0 Å². The molecule has 1 aliphatic heterocycles. The summed E-state index contributed by atoms with van der Waals surface area (Å²) >= 11 is 0.695. The fraction of sp³-hybridized carbons (Fsp3) is 0.0877. The van der Waals surface area contributed by atoms with Crippen LogP contribution in [0.5, 0.6) is 0 Å². The molecule has 1 atom stereocenters. The molecule has 0 radical (unpaired) electrons. The van der Waals surface area contributed by atoms with Gasteiger partial charge in [-0.2, -0.15) is 0 Å². The van der Waals surface area contributed by atoms with Crippen molar-refractivity contribution in [2.24, 2.45) is 4.99 Å². The highest BCUT2D eigenvalue weighted by molar-refractivity contribution is 8.15. The minimum absolute atomic E-state index is 0.0499. The number of amides is 1. The monoisotopic (exact) mass is 885 g/mol. The van der Waals surface area contributed by atoms with E-state index in [0.717, 1.165) is 44.8 Å². The van der Waals surface area contributed by atoms with Crippen molar-refractivity contribution in [1.82, 2.24) is 5.32 Å². The smallest absolute Gasteiger partial charge is 0.317 e. The second-order valence-electron chi connectivity index (χ2n) is 16.1. The number of anilines is 2. The quantitative estimate of drug-likeness (QED) is 0.0632. The maximum Gasteiger partial charge on any atom is 0.317 e. The Hall–Kier alpha value is -8.01. The number of carboxylic acids is 2. The molecule has 1 amide bonds. The van der Waals surface area contributed by atoms with Gasteiger partial charge in [-0.3, -0.25) is 19.7 Å². The van der Waals surface area contributed by atoms with E-state index in [1.165, 1.54) is 39.0 Å². The fourth-order valence-corrected chi connectivity index (χ4v) is 8.58. The Morgan fingerprint density at radius 2 is 1.12 bits per heavy atom. The predicted octanol–water partition coefficient (Wildman–Crippen LogP) is 12.7. The van der Waals surface area contributed by atoms with Crippen LogP contribution >= 0.6 is 11.8 Å². The molecule has 0 fully saturated rings. The Kier molecular flexibility index (Phi) is 13.7. The highest BCUT2D eigenvalue weighted by Crippen LogP contribution is 2.33. The number of amidine groups is 1. The first-order valence-corrected chi connectivity index (χ1v) is 22.4. The van der Waals surface area contributed by atoms with Crippen molar-refractivity contribution in [3.63, 3.8) is 0 Å². The van der Waals surface area contributed by atoms with Crippen molar-refractivity contribution >= 4 is 75.5 Å². The number of rotatable bonds is 14. The lowest BCUT2D eigenvalue weighted by molar-refractivity contribution is -0.142. The van der Waals surface area contributed by atoms with Crippen LogP contribution in [-0.4, -0.2) is 38.5 Å². The second-order valence-corrected chi connectivity index (χ2v) is 17.3. The Morgan fingerprint density at radius 3 is 1.64 bits per heavy atom. The Labute approximate surface area is 388 Å². The molecule has 326 valence electrons. The first-order valence-electron chi connectivity index (χ1n) is 21.5. The number of carbonyl (C=O) groups is 3. The number of nitrogens with one attached hydrogen (secondary N) is 2. The molecule has 1 unspecified atom stereocenters. The summed E-state index contributed by atoms with van der Waals surface area (Å²) in [5, 5.41) is 23.1. The third kappa shape index (κ3) is 11.0. The van der Waals surface area contributed by atoms with Crippen LogP contribution in [0.25, 0.3) is 40.5 Å². The van der Waals surface area contributed by atoms with Crippen LogP contribution in [0.15, 0.2) is 181 Å². The molecule has 7 aromatic carbocycles. The van der Waals surface area contributed by atoms with Gasteiger partial charge in [-0.15, -0.1) is 0 Å². The number of benzene rings is 7. The van der Waals surface area contributed by atoms with Gasteiger partial charge in [-0.1, -0.05) is 157 Å². The van der Waals surface area contributed by atoms with Crippen LogP contribution in [0.4, 0.5) is 11.4 Å². The largest absolute Gasteiger partial charge is 0.481 e. The van der Waals surface area contributed by atoms with E-state index in [-0.39, 0.29) is 10.9 Å². The number of carboxylic acid groups (broad SMARTS) is 2. The normalized spacial score (nSPS) is 13.8. The highest BCUT2D eigenvalue weighted by atomic mass is 32.2. The average molecular weight is 886 g/mol. The van der Waals surface area contributed by atoms with Gasteiger partial charge in [-0.05, 0) is 141 Å². The first kappa shape index (κ1) is 44.6. The molecule has 9 heteroatoms. The maximum atomic E-state index is 12.5. The zero-order valence-electron chi connectivity index (χ0n) is 36.7. The minimum Gasteiger partial charge on any atom is -0.481 e. The number of aliphatic imine (C=N–C) groups is 1. The van der Waals surface area contributed by atoms with Crippen molar-refractivity contribution < 1.29 is 24.6 Å². The minimum atomic E-state index is -1.30. The Bertz CT molecular complexity index is 3050. The summed E-state index contributed by atoms with van der Waals surface area (Å²) in [5.74, 6) is -3.04. The molecule has 66 heavy (non-hydrogen) atoms. The number of hydrogen-bond acceptors (Lipinski definition) is 6. The number of nitrogens with zero attached hydrogens (tertiary/aromatic N) is 1. The lowest BCUT2D eigenvalue weighted by atomic mass is 9.91. The summed E-state index contributed by atoms with van der Waals surface area (Å²) in [6.45, 7) is 6.49. The molecule has 0 saturated carbocycles. The number of carbonyl (C=O) groups excluding carboxylic acids is 1. The van der Waals surface area contributed by atoms with Gasteiger partial charge >= 0.3 is 11.9 Å². The predicted molar refractivity (Wildman–Crippen MR) is 270 cm³/mol. The van der Waals surface area contributed by atoms with Gasteiger partial charge in [0, 0.05) is 11.4 Å². The topological polar surface area (TPSA) is 128 Å². The molecule has 0 aliphatic carbocycles. The molecular weight excluding hydrogens is 839 g/mol. The highest BCUT2D eigenvalue weighted by Gasteiger charge is 2.28. The van der Waals surface area contributed by atoms with E-state index in [1.807, 2.05) is 42.5 Å². The number of thioether (sulfide) groups is 1. The van der Waals surface area contributed by atoms with Crippen molar-refractivity contribution in [3.8, 4) is 11.1 Å². The SMILES string of the molecule is Cc1ccc(/C(=C/c2ccc(-c3ccc(/C(=C/c4ccc(Nc5ccc(/C=C6\N=C(SC(CC(=O)O)C(=O)O)NC6=O)cc5)cc4)c4ccccc4)cc3C)cc2)c2ccccc2)cc1C. The summed E-state index contributed by atoms with van der Waals surface area (Å²) in [6, 6.07) is 58.9. The molecule has 1 aliphatic rings. The second kappa shape index (κ2) is 20.2. The van der Waals surface area contributed by atoms with E-state index in [1.54, 1.807) is 6.08 Å². The lowest BCUT2D eigenvalue weighted by Crippen LogP contribution is -2.28. The molecular formula is C57H47N3O5S. The Balaban J connectivity index is 0.975. The Morgan fingerprint density at radius 1 is 0.606 bits per heavy atom. The summed E-state index contributed by atoms with van der Waals surface area (Å²) < 4.78 is 0. The van der Waals surface area contributed by atoms with Crippen LogP contribution in [-0.2, 0) is 14.4 Å². The number of aliphatic carboxylic acids is 2. The van der Waals surface area contributed by atoms with Gasteiger partial charge in [0.25, 0.3) is 5.91 Å². The summed E-state index contributed by atoms with van der Waals surface area (Å²) in [7, 11) is 0. The summed E-state index contributed by atoms with van der Waals surface area (Å²) in [6.07, 6.45) is 5.48. The van der Waals surface area contributed by atoms with Gasteiger partial charge in [0.15, 0.2) is 5.17 Å². The van der Waals surface area contributed by atoms with Crippen molar-refractivity contribution in [2.45, 2.75) is 32.4 Å². The third-order valence-electron chi connectivity index (χ3n) is 11.3. The average Bonchev–Trinajstić information content (AvgIpc) is 3.67. The number of aryl methyl sites for hydroxylation is 3. The van der Waals surface area contributed by atoms with Crippen LogP contribution in [0.3, 0.4) is 0 Å². The van der Waals surface area contributed by atoms with Crippen molar-refractivity contribution in [1.29, 1.82) is 0 Å². The lowest BCUT2D eigenvalue weighted by Gasteiger charge is -2.14. The van der Waals surface area contributed by atoms with Gasteiger partial charge in [0.05, 0.1) is 6.42 Å². The molecule has 0 saturated heterocycles. The molecule has 8 rings (SSSR count). The molecule has 8 nitrogen and oxygen atoms in total. The van der Waals surface area contributed by atoms with Crippen molar-refractivity contribution in [2.75, 3.05) is 5.32 Å². The van der Waals surface area contributed by atoms with Gasteiger partial charge in [-0.25, -0.2) is 4.99 Å². The van der Waals surface area contributed by atoms with Crippen LogP contribution < -0.4 is 10.6 Å². The fourth-order valence-electron chi connectivity index (χ4n) is 7.68. The zero-order valence-corrected chi connectivity index (χ0v) is 37.5. The van der Waals surface area contributed by atoms with Gasteiger partial charge < -0.3 is 15.5 Å². The van der Waals surface area contributed by atoms with Crippen LogP contribution in [0, 0.1) is 20.8 Å². The first-order chi connectivity index (χ1) is 31.9. The molecule has 1 heterocycles. The third-order valence-corrected chi connectivity index (χ3v) is 12.4. The maximum absolute atomic E-state index is 12.5. The molecule has 0 aromatic heterocycles.